The average molecular weight is 738 g/mol. The van der Waals surface area contributed by atoms with Crippen LogP contribution in [0.5, 0.6) is 0 Å². The number of halogens is 6. The van der Waals surface area contributed by atoms with Crippen LogP contribution in [0.4, 0.5) is 0 Å². The molecule has 1 unspecified atom stereocenters. The Morgan fingerprint density at radius 1 is 0.674 bits per heavy atom. The zero-order valence-electron chi connectivity index (χ0n) is 25.8. The number of hydrogen-bond donors (Lipinski definition) is 0. The Labute approximate surface area is 296 Å². The molecule has 0 radical (unpaired) electrons. The zero-order chi connectivity index (χ0) is 33.9. The maximum atomic E-state index is 13.4. The smallest absolute Gasteiger partial charge is 0.360 e. The fraction of sp³-hybridized carbons (Fsp3) is 0.250. The van der Waals surface area contributed by atoms with Crippen molar-refractivity contribution < 1.29 is 9.15 Å². The summed E-state index contributed by atoms with van der Waals surface area (Å²) in [4.78, 5) is 26.8. The summed E-state index contributed by atoms with van der Waals surface area (Å²) in [5.74, 6) is 1.84. The van der Waals surface area contributed by atoms with E-state index in [0.29, 0.717) is 39.7 Å². The molecule has 0 saturated heterocycles. The monoisotopic (exact) mass is 735 g/mol. The van der Waals surface area contributed by atoms with Crippen molar-refractivity contribution in [3.8, 4) is 11.3 Å². The minimum Gasteiger partial charge on any atom is -0.461 e. The lowest BCUT2D eigenvalue weighted by atomic mass is 9.88. The van der Waals surface area contributed by atoms with Gasteiger partial charge in [-0.05, 0) is 68.8 Å². The molecule has 2 heterocycles. The lowest BCUT2D eigenvalue weighted by Gasteiger charge is -2.29. The number of benzene rings is 2. The van der Waals surface area contributed by atoms with E-state index in [9.17, 15) is 9.59 Å². The first-order valence-corrected chi connectivity index (χ1v) is 16.5. The Kier molecular flexibility index (Phi) is 9.67. The first-order valence-electron chi connectivity index (χ1n) is 14.3. The average Bonchev–Trinajstić information content (AvgIpc) is 2.98. The molecule has 10 heteroatoms. The summed E-state index contributed by atoms with van der Waals surface area (Å²) in [6.45, 7) is 12.0. The number of hydrogen-bond acceptors (Lipinski definition) is 3. The third-order valence-corrected chi connectivity index (χ3v) is 9.78. The van der Waals surface area contributed by atoms with Gasteiger partial charge in [0.05, 0.1) is 57.6 Å². The highest BCUT2D eigenvalue weighted by Gasteiger charge is 2.30. The van der Waals surface area contributed by atoms with Crippen LogP contribution >= 0.6 is 69.6 Å². The Hall–Kier alpha value is -2.57. The van der Waals surface area contributed by atoms with Gasteiger partial charge >= 0.3 is 11.5 Å². The zero-order valence-corrected chi connectivity index (χ0v) is 30.3. The van der Waals surface area contributed by atoms with E-state index in [1.165, 1.54) is 0 Å². The highest BCUT2D eigenvalue weighted by molar-refractivity contribution is 6.48. The molecule has 1 aliphatic heterocycles. The summed E-state index contributed by atoms with van der Waals surface area (Å²) in [5, 5.41) is 1.76. The Balaban J connectivity index is 1.61. The maximum Gasteiger partial charge on any atom is 0.360 e. The van der Waals surface area contributed by atoms with Crippen molar-refractivity contribution in [3.63, 3.8) is 0 Å². The first-order chi connectivity index (χ1) is 21.3. The molecule has 3 aromatic carbocycles. The molecule has 1 aromatic heterocycles. The van der Waals surface area contributed by atoms with Crippen LogP contribution in [0.3, 0.4) is 0 Å². The minimum atomic E-state index is -0.412. The van der Waals surface area contributed by atoms with Crippen LogP contribution in [0.2, 0.25) is 30.1 Å². The summed E-state index contributed by atoms with van der Waals surface area (Å²) >= 11 is 37.5. The van der Waals surface area contributed by atoms with Gasteiger partial charge in [-0.25, -0.2) is 4.42 Å². The summed E-state index contributed by atoms with van der Waals surface area (Å²) < 4.78 is 12.4. The molecular formula is C36H29Cl6O4+. The second kappa shape index (κ2) is 12.8. The fourth-order valence-corrected chi connectivity index (χ4v) is 6.02. The molecule has 46 heavy (non-hydrogen) atoms. The predicted octanol–water partition coefficient (Wildman–Crippen LogP) is 10.3. The normalized spacial score (nSPS) is 15.3. The maximum absolute atomic E-state index is 13.4. The molecule has 1 aliphatic rings. The molecule has 4 nitrogen and oxygen atoms in total. The van der Waals surface area contributed by atoms with E-state index in [4.69, 9.17) is 78.8 Å². The van der Waals surface area contributed by atoms with Crippen molar-refractivity contribution >= 4 is 87.5 Å². The first kappa shape index (κ1) is 34.8. The molecule has 0 bridgehead atoms. The topological polar surface area (TPSA) is 54.7 Å². The largest absolute Gasteiger partial charge is 0.461 e. The lowest BCUT2D eigenvalue weighted by molar-refractivity contribution is 0.257. The molecule has 0 amide bonds. The predicted molar refractivity (Wildman–Crippen MR) is 192 cm³/mol. The van der Waals surface area contributed by atoms with Crippen LogP contribution < -0.4 is 21.3 Å². The SMILES string of the molecule is CC(C)(C)C1=CC(C=c2c(=O)c(=Cc3cc(-c4cc(Cl)c(Cl)c(Cl)c4)[o+]c(C(C)(C)C)c3)c2=O)C=C(c2cc(Cl)c(Cl)c(Cl)c2)O1. The Bertz CT molecular complexity index is 2080. The number of rotatable bonds is 4. The van der Waals surface area contributed by atoms with Gasteiger partial charge in [0.1, 0.15) is 11.5 Å². The van der Waals surface area contributed by atoms with Crippen LogP contribution in [0, 0.1) is 11.3 Å². The van der Waals surface area contributed by atoms with Crippen molar-refractivity contribution in [1.82, 2.24) is 0 Å². The molecule has 1 atom stereocenters. The van der Waals surface area contributed by atoms with Crippen LogP contribution in [-0.4, -0.2) is 0 Å². The van der Waals surface area contributed by atoms with Gasteiger partial charge in [0.2, 0.25) is 10.9 Å². The van der Waals surface area contributed by atoms with Gasteiger partial charge in [0.15, 0.2) is 0 Å². The molecule has 0 N–H and O–H groups in total. The van der Waals surface area contributed by atoms with Crippen LogP contribution in [0.15, 0.2) is 68.3 Å². The van der Waals surface area contributed by atoms with E-state index in [-0.39, 0.29) is 62.3 Å². The van der Waals surface area contributed by atoms with Gasteiger partial charge in [-0.3, -0.25) is 9.59 Å². The third kappa shape index (κ3) is 7.13. The van der Waals surface area contributed by atoms with Crippen molar-refractivity contribution in [2.24, 2.45) is 11.3 Å². The number of ether oxygens (including phenoxy) is 1. The molecule has 4 aromatic rings. The van der Waals surface area contributed by atoms with Crippen molar-refractivity contribution in [1.29, 1.82) is 0 Å². The van der Waals surface area contributed by atoms with Gasteiger partial charge in [0, 0.05) is 23.0 Å². The summed E-state index contributed by atoms with van der Waals surface area (Å²) in [6.07, 6.45) is 6.93. The van der Waals surface area contributed by atoms with Crippen molar-refractivity contribution in [2.45, 2.75) is 47.0 Å². The van der Waals surface area contributed by atoms with Crippen LogP contribution in [-0.2, 0) is 10.2 Å². The van der Waals surface area contributed by atoms with Crippen molar-refractivity contribution in [2.75, 3.05) is 0 Å². The molecule has 0 fully saturated rings. The minimum absolute atomic E-state index is 0.0722. The van der Waals surface area contributed by atoms with E-state index >= 15 is 0 Å². The second-order valence-electron chi connectivity index (χ2n) is 13.2. The van der Waals surface area contributed by atoms with E-state index in [0.717, 1.165) is 0 Å². The molecule has 0 aliphatic carbocycles. The highest BCUT2D eigenvalue weighted by atomic mass is 35.5. The Morgan fingerprint density at radius 3 is 1.70 bits per heavy atom. The van der Waals surface area contributed by atoms with Crippen LogP contribution in [0.25, 0.3) is 29.2 Å². The van der Waals surface area contributed by atoms with E-state index in [1.54, 1.807) is 42.5 Å². The van der Waals surface area contributed by atoms with Crippen LogP contribution in [0.1, 0.15) is 58.4 Å². The quantitative estimate of drug-likeness (QED) is 0.155. The molecule has 0 spiro atoms. The molecule has 5 rings (SSSR count). The van der Waals surface area contributed by atoms with E-state index < -0.39 is 5.92 Å². The van der Waals surface area contributed by atoms with Gasteiger partial charge in [0.25, 0.3) is 0 Å². The number of allylic oxidation sites excluding steroid dienone is 3. The molecule has 0 saturated carbocycles. The van der Waals surface area contributed by atoms with Gasteiger partial charge in [-0.2, -0.15) is 0 Å². The highest BCUT2D eigenvalue weighted by Crippen LogP contribution is 2.40. The standard InChI is InChI=1S/C36H29Cl6O4/c1-35(2,3)29-11-17(9-27(45-29)19-13-23(37)31(41)24(38)14-19)7-21-33(43)22(34(21)44)8-18-10-28(46-30(12-18)36(4,5)6)20-15-25(39)32(42)26(40)16-20/h7-17H,1-6H3/q+1. The third-order valence-electron chi connectivity index (χ3n) is 7.39. The van der Waals surface area contributed by atoms with E-state index in [1.807, 2.05) is 59.8 Å². The summed E-state index contributed by atoms with van der Waals surface area (Å²) in [5.41, 5.74) is 0.373. The summed E-state index contributed by atoms with van der Waals surface area (Å²) in [6, 6.07) is 10.2. The van der Waals surface area contributed by atoms with Gasteiger partial charge in [-0.1, -0.05) is 96.5 Å². The second-order valence-corrected chi connectivity index (χ2v) is 15.5. The summed E-state index contributed by atoms with van der Waals surface area (Å²) in [7, 11) is 0. The van der Waals surface area contributed by atoms with Gasteiger partial charge < -0.3 is 4.74 Å². The lowest BCUT2D eigenvalue weighted by Crippen LogP contribution is -2.64. The fourth-order valence-electron chi connectivity index (χ4n) is 4.83. The van der Waals surface area contributed by atoms with Crippen molar-refractivity contribution in [3.05, 3.63) is 132 Å². The Morgan fingerprint density at radius 2 is 1.20 bits per heavy atom. The van der Waals surface area contributed by atoms with Gasteiger partial charge in [-0.15, -0.1) is 0 Å². The van der Waals surface area contributed by atoms with E-state index in [2.05, 4.69) is 0 Å². The molecular weight excluding hydrogens is 709 g/mol. The molecule has 238 valence electrons.